The quantitative estimate of drug-likeness (QED) is 0.730. The second-order valence-corrected chi connectivity index (χ2v) is 3.77. The largest absolute Gasteiger partial charge is 0.285 e. The molecule has 2 rings (SSSR count). The smallest absolute Gasteiger partial charge is 0.266 e. The van der Waals surface area contributed by atoms with Crippen molar-refractivity contribution in [2.75, 3.05) is 0 Å². The molecule has 4 heteroatoms. The van der Waals surface area contributed by atoms with Gasteiger partial charge < -0.3 is 0 Å². The number of fused-ring (bicyclic) bond motifs is 1. The summed E-state index contributed by atoms with van der Waals surface area (Å²) in [6.45, 7) is 3.76. The molecule has 1 aliphatic heterocycles. The van der Waals surface area contributed by atoms with Crippen LogP contribution >= 0.6 is 0 Å². The lowest BCUT2D eigenvalue weighted by molar-refractivity contribution is -0.126. The van der Waals surface area contributed by atoms with E-state index < -0.39 is 0 Å². The van der Waals surface area contributed by atoms with E-state index in [9.17, 15) is 9.59 Å². The third kappa shape index (κ3) is 1.61. The minimum absolute atomic E-state index is 0.151. The number of carbonyl (C=O) groups is 2. The first-order valence-corrected chi connectivity index (χ1v) is 5.29. The van der Waals surface area contributed by atoms with Gasteiger partial charge in [0.15, 0.2) is 0 Å². The third-order valence-corrected chi connectivity index (χ3v) is 2.62. The maximum absolute atomic E-state index is 11.8. The van der Waals surface area contributed by atoms with Gasteiger partial charge in [0.05, 0.1) is 17.2 Å². The Morgan fingerprint density at radius 1 is 1.19 bits per heavy atom. The molecule has 1 heterocycles. The first-order chi connectivity index (χ1) is 7.65. The topological polar surface area (TPSA) is 46.6 Å². The minimum Gasteiger partial charge on any atom is -0.266 e. The average molecular weight is 219 g/mol. The molecule has 0 aromatic heterocycles. The van der Waals surface area contributed by atoms with Crippen molar-refractivity contribution >= 4 is 11.8 Å². The summed E-state index contributed by atoms with van der Waals surface area (Å²) in [5.41, 5.74) is 0.826. The summed E-state index contributed by atoms with van der Waals surface area (Å²) < 4.78 is 0. The fourth-order valence-corrected chi connectivity index (χ4v) is 1.52. The van der Waals surface area contributed by atoms with Gasteiger partial charge in [0, 0.05) is 0 Å². The average Bonchev–Trinajstić information content (AvgIpc) is 2.55. The van der Waals surface area contributed by atoms with Crippen LogP contribution in [0.2, 0.25) is 0 Å². The Morgan fingerprint density at radius 3 is 2.12 bits per heavy atom. The van der Waals surface area contributed by atoms with Gasteiger partial charge in [-0.25, -0.2) is 0 Å². The second-order valence-electron chi connectivity index (χ2n) is 3.77. The van der Waals surface area contributed by atoms with Crippen LogP contribution in [0.15, 0.2) is 24.3 Å². The third-order valence-electron chi connectivity index (χ3n) is 2.62. The zero-order valence-corrected chi connectivity index (χ0v) is 9.27. The fourth-order valence-electron chi connectivity index (χ4n) is 1.52. The molecule has 1 atom stereocenters. The maximum Gasteiger partial charge on any atom is 0.285 e. The van der Waals surface area contributed by atoms with Crippen LogP contribution < -0.4 is 0 Å². The molecular formula is C12H13NO3. The predicted molar refractivity (Wildman–Crippen MR) is 57.8 cm³/mol. The molecule has 1 aromatic carbocycles. The zero-order valence-electron chi connectivity index (χ0n) is 9.27. The van der Waals surface area contributed by atoms with E-state index in [1.807, 2.05) is 13.8 Å². The summed E-state index contributed by atoms with van der Waals surface area (Å²) in [4.78, 5) is 29.0. The fraction of sp³-hybridized carbons (Fsp3) is 0.333. The van der Waals surface area contributed by atoms with E-state index in [1.54, 1.807) is 24.3 Å². The monoisotopic (exact) mass is 219 g/mol. The molecule has 0 saturated carbocycles. The van der Waals surface area contributed by atoms with Crippen molar-refractivity contribution in [1.82, 2.24) is 5.06 Å². The molecule has 0 aliphatic carbocycles. The Morgan fingerprint density at radius 2 is 1.69 bits per heavy atom. The van der Waals surface area contributed by atoms with E-state index >= 15 is 0 Å². The molecule has 0 spiro atoms. The number of rotatable bonds is 3. The number of amides is 2. The van der Waals surface area contributed by atoms with Gasteiger partial charge in [-0.15, -0.1) is 5.06 Å². The molecule has 1 aromatic rings. The van der Waals surface area contributed by atoms with E-state index in [1.165, 1.54) is 0 Å². The van der Waals surface area contributed by atoms with Gasteiger partial charge in [0.1, 0.15) is 0 Å². The summed E-state index contributed by atoms with van der Waals surface area (Å²) >= 11 is 0. The molecule has 0 N–H and O–H groups in total. The Kier molecular flexibility index (Phi) is 2.75. The van der Waals surface area contributed by atoms with E-state index in [4.69, 9.17) is 4.84 Å². The van der Waals surface area contributed by atoms with Gasteiger partial charge in [-0.05, 0) is 25.5 Å². The van der Waals surface area contributed by atoms with Gasteiger partial charge in [-0.3, -0.25) is 14.4 Å². The van der Waals surface area contributed by atoms with Crippen molar-refractivity contribution < 1.29 is 14.4 Å². The Bertz CT molecular complexity index is 407. The number of carbonyl (C=O) groups excluding carboxylic acids is 2. The van der Waals surface area contributed by atoms with Crippen molar-refractivity contribution in [1.29, 1.82) is 0 Å². The van der Waals surface area contributed by atoms with Gasteiger partial charge in [0.25, 0.3) is 11.8 Å². The molecule has 16 heavy (non-hydrogen) atoms. The van der Waals surface area contributed by atoms with Crippen LogP contribution in [0, 0.1) is 0 Å². The highest BCUT2D eigenvalue weighted by Gasteiger charge is 2.37. The first-order valence-electron chi connectivity index (χ1n) is 5.29. The highest BCUT2D eigenvalue weighted by molar-refractivity contribution is 6.20. The van der Waals surface area contributed by atoms with Crippen LogP contribution in [0.25, 0.3) is 0 Å². The predicted octanol–water partition coefficient (Wildman–Crippen LogP) is 2.01. The molecule has 4 nitrogen and oxygen atoms in total. The summed E-state index contributed by atoms with van der Waals surface area (Å²) in [5.74, 6) is -0.748. The lowest BCUT2D eigenvalue weighted by Gasteiger charge is -2.17. The van der Waals surface area contributed by atoms with Gasteiger partial charge in [0.2, 0.25) is 0 Å². The summed E-state index contributed by atoms with van der Waals surface area (Å²) in [7, 11) is 0. The second kappa shape index (κ2) is 4.06. The van der Waals surface area contributed by atoms with Gasteiger partial charge >= 0.3 is 0 Å². The van der Waals surface area contributed by atoms with Crippen LogP contribution in [-0.2, 0) is 4.84 Å². The molecule has 1 aliphatic rings. The zero-order chi connectivity index (χ0) is 11.7. The molecular weight excluding hydrogens is 206 g/mol. The summed E-state index contributed by atoms with van der Waals surface area (Å²) in [6, 6.07) is 6.73. The van der Waals surface area contributed by atoms with Crippen molar-refractivity contribution in [2.24, 2.45) is 0 Å². The van der Waals surface area contributed by atoms with Crippen molar-refractivity contribution in [3.8, 4) is 0 Å². The molecule has 2 amide bonds. The number of nitrogens with zero attached hydrogens (tertiary/aromatic N) is 1. The number of hydroxylamine groups is 2. The highest BCUT2D eigenvalue weighted by Crippen LogP contribution is 2.23. The van der Waals surface area contributed by atoms with Gasteiger partial charge in [-0.2, -0.15) is 0 Å². The molecule has 0 bridgehead atoms. The molecule has 0 fully saturated rings. The van der Waals surface area contributed by atoms with Crippen LogP contribution in [0.5, 0.6) is 0 Å². The number of hydrogen-bond donors (Lipinski definition) is 0. The molecule has 0 radical (unpaired) electrons. The lowest BCUT2D eigenvalue weighted by Crippen LogP contribution is -2.33. The SMILES string of the molecule is CC[C@H](C)ON1C(=O)c2ccccc2C1=O. The Hall–Kier alpha value is -1.68. The lowest BCUT2D eigenvalue weighted by atomic mass is 10.1. The molecule has 0 saturated heterocycles. The first kappa shape index (κ1) is 10.8. The number of imide groups is 1. The van der Waals surface area contributed by atoms with Crippen molar-refractivity contribution in [3.05, 3.63) is 35.4 Å². The maximum atomic E-state index is 11.8. The van der Waals surface area contributed by atoms with Crippen LogP contribution in [0.1, 0.15) is 41.0 Å². The van der Waals surface area contributed by atoms with Crippen molar-refractivity contribution in [3.63, 3.8) is 0 Å². The van der Waals surface area contributed by atoms with Gasteiger partial charge in [-0.1, -0.05) is 19.1 Å². The standard InChI is InChI=1S/C12H13NO3/c1-3-8(2)16-13-11(14)9-6-4-5-7-10(9)12(13)15/h4-8H,3H2,1-2H3/t8-/m0/s1. The van der Waals surface area contributed by atoms with Crippen LogP contribution in [0.4, 0.5) is 0 Å². The van der Waals surface area contributed by atoms with E-state index in [-0.39, 0.29) is 17.9 Å². The van der Waals surface area contributed by atoms with E-state index in [2.05, 4.69) is 0 Å². The molecule has 0 unspecified atom stereocenters. The van der Waals surface area contributed by atoms with Crippen molar-refractivity contribution in [2.45, 2.75) is 26.4 Å². The molecule has 84 valence electrons. The Balaban J connectivity index is 2.28. The normalized spacial score (nSPS) is 16.5. The van der Waals surface area contributed by atoms with E-state index in [0.717, 1.165) is 11.5 Å². The number of benzene rings is 1. The Labute approximate surface area is 93.8 Å². The summed E-state index contributed by atoms with van der Waals surface area (Å²) in [6.07, 6.45) is 0.593. The minimum atomic E-state index is -0.374. The number of hydrogen-bond acceptors (Lipinski definition) is 3. The van der Waals surface area contributed by atoms with E-state index in [0.29, 0.717) is 11.1 Å². The van der Waals surface area contributed by atoms with Crippen LogP contribution in [0.3, 0.4) is 0 Å². The highest BCUT2D eigenvalue weighted by atomic mass is 16.7. The van der Waals surface area contributed by atoms with Crippen LogP contribution in [-0.4, -0.2) is 23.0 Å². The summed E-state index contributed by atoms with van der Waals surface area (Å²) in [5, 5.41) is 0.860.